The van der Waals surface area contributed by atoms with Gasteiger partial charge in [0.05, 0.1) is 22.3 Å². The normalized spacial score (nSPS) is 15.7. The summed E-state index contributed by atoms with van der Waals surface area (Å²) in [4.78, 5) is 12.7. The molecule has 3 nitrogen and oxygen atoms in total. The third-order valence-corrected chi connectivity index (χ3v) is 4.41. The van der Waals surface area contributed by atoms with Gasteiger partial charge in [0.2, 0.25) is 0 Å². The number of halogens is 4. The van der Waals surface area contributed by atoms with Crippen molar-refractivity contribution in [3.63, 3.8) is 0 Å². The number of anilines is 1. The highest BCUT2D eigenvalue weighted by Crippen LogP contribution is 2.34. The molecule has 0 aliphatic heterocycles. The molecule has 1 aliphatic rings. The fraction of sp³-hybridized carbons (Fsp3) is 0.278. The van der Waals surface area contributed by atoms with Gasteiger partial charge in [0.25, 0.3) is 5.91 Å². The van der Waals surface area contributed by atoms with E-state index in [1.807, 2.05) is 35.6 Å². The average molecular weight is 370 g/mol. The van der Waals surface area contributed by atoms with Gasteiger partial charge in [-0.1, -0.05) is 41.9 Å². The Morgan fingerprint density at radius 3 is 2.44 bits per heavy atom. The molecule has 1 saturated carbocycles. The summed E-state index contributed by atoms with van der Waals surface area (Å²) in [6.07, 6.45) is -2.44. The zero-order valence-corrected chi connectivity index (χ0v) is 13.9. The van der Waals surface area contributed by atoms with Crippen molar-refractivity contribution in [2.45, 2.75) is 31.1 Å². The second kappa shape index (κ2) is 7.06. The topological polar surface area (TPSA) is 45.7 Å². The predicted octanol–water partition coefficient (Wildman–Crippen LogP) is 3.76. The van der Waals surface area contributed by atoms with Gasteiger partial charge in [0.1, 0.15) is 0 Å². The van der Waals surface area contributed by atoms with Gasteiger partial charge in [0, 0.05) is 18.4 Å². The average Bonchev–Trinajstić information content (AvgIpc) is 3.38. The largest absolute Gasteiger partial charge is 0.416 e. The molecule has 0 aromatic heterocycles. The number of nitrogens with two attached hydrogens (primary N) is 1. The lowest BCUT2D eigenvalue weighted by Gasteiger charge is -2.17. The molecular formula is C18H17ClF3N2O+. The Bertz CT molecular complexity index is 761. The Morgan fingerprint density at radius 2 is 1.84 bits per heavy atom. The summed E-state index contributed by atoms with van der Waals surface area (Å²) in [5.74, 6) is -0.390. The number of benzene rings is 2. The van der Waals surface area contributed by atoms with Gasteiger partial charge in [-0.25, -0.2) is 0 Å². The van der Waals surface area contributed by atoms with E-state index in [1.165, 1.54) is 0 Å². The van der Waals surface area contributed by atoms with Crippen LogP contribution in [0.5, 0.6) is 0 Å². The van der Waals surface area contributed by atoms with Gasteiger partial charge in [-0.15, -0.1) is 0 Å². The number of quaternary nitrogens is 1. The minimum absolute atomic E-state index is 0.0355. The second-order valence-electron chi connectivity index (χ2n) is 6.10. The molecule has 2 aromatic rings. The lowest BCUT2D eigenvalue weighted by molar-refractivity contribution is -0.695. The van der Waals surface area contributed by atoms with E-state index in [2.05, 4.69) is 5.32 Å². The van der Waals surface area contributed by atoms with Crippen LogP contribution in [0.25, 0.3) is 0 Å². The maximum atomic E-state index is 12.9. The smallest absolute Gasteiger partial charge is 0.330 e. The van der Waals surface area contributed by atoms with Crippen LogP contribution < -0.4 is 10.6 Å². The SMILES string of the molecule is O=C(Nc1cc(C(F)(F)F)ccc1Cl)[C@@H]([NH2+]C1CC1)c1ccccc1. The van der Waals surface area contributed by atoms with Crippen molar-refractivity contribution in [3.8, 4) is 0 Å². The Hall–Kier alpha value is -2.05. The summed E-state index contributed by atoms with van der Waals surface area (Å²) < 4.78 is 38.6. The Balaban J connectivity index is 1.84. The first-order valence-electron chi connectivity index (χ1n) is 7.92. The van der Waals surface area contributed by atoms with E-state index in [9.17, 15) is 18.0 Å². The molecule has 3 N–H and O–H groups in total. The fourth-order valence-corrected chi connectivity index (χ4v) is 2.74. The number of nitrogens with one attached hydrogen (secondary N) is 1. The minimum Gasteiger partial charge on any atom is -0.330 e. The molecule has 0 radical (unpaired) electrons. The molecule has 0 bridgehead atoms. The van der Waals surface area contributed by atoms with Crippen LogP contribution in [0.4, 0.5) is 18.9 Å². The second-order valence-corrected chi connectivity index (χ2v) is 6.51. The molecule has 0 spiro atoms. The van der Waals surface area contributed by atoms with Crippen molar-refractivity contribution < 1.29 is 23.3 Å². The number of alkyl halides is 3. The first kappa shape index (κ1) is 17.8. The van der Waals surface area contributed by atoms with Gasteiger partial charge in [0.15, 0.2) is 6.04 Å². The zero-order valence-electron chi connectivity index (χ0n) is 13.2. The zero-order chi connectivity index (χ0) is 18.0. The van der Waals surface area contributed by atoms with Crippen LogP contribution in [0.2, 0.25) is 5.02 Å². The lowest BCUT2D eigenvalue weighted by atomic mass is 10.1. The molecular weight excluding hydrogens is 353 g/mol. The van der Waals surface area contributed by atoms with Crippen LogP contribution in [0.15, 0.2) is 48.5 Å². The van der Waals surface area contributed by atoms with Crippen LogP contribution in [0.1, 0.15) is 30.0 Å². The maximum absolute atomic E-state index is 12.9. The highest BCUT2D eigenvalue weighted by molar-refractivity contribution is 6.33. The molecule has 1 atom stereocenters. The first-order valence-corrected chi connectivity index (χ1v) is 8.30. The summed E-state index contributed by atoms with van der Waals surface area (Å²) in [6.45, 7) is 0. The van der Waals surface area contributed by atoms with Gasteiger partial charge >= 0.3 is 6.18 Å². The van der Waals surface area contributed by atoms with Crippen LogP contribution in [-0.4, -0.2) is 11.9 Å². The summed E-state index contributed by atoms with van der Waals surface area (Å²) in [6, 6.07) is 11.9. The van der Waals surface area contributed by atoms with Crippen LogP contribution in [-0.2, 0) is 11.0 Å². The maximum Gasteiger partial charge on any atom is 0.416 e. The summed E-state index contributed by atoms with van der Waals surface area (Å²) in [5.41, 5.74) is -0.0868. The number of hydrogen-bond donors (Lipinski definition) is 2. The highest BCUT2D eigenvalue weighted by atomic mass is 35.5. The molecule has 7 heteroatoms. The van der Waals surface area contributed by atoms with Crippen LogP contribution in [0, 0.1) is 0 Å². The van der Waals surface area contributed by atoms with Gasteiger partial charge in [-0.05, 0) is 18.2 Å². The Morgan fingerprint density at radius 1 is 1.16 bits per heavy atom. The molecule has 1 aliphatic carbocycles. The van der Waals surface area contributed by atoms with Crippen molar-refractivity contribution >= 4 is 23.2 Å². The summed E-state index contributed by atoms with van der Waals surface area (Å²) in [7, 11) is 0. The van der Waals surface area contributed by atoms with Crippen molar-refractivity contribution in [3.05, 3.63) is 64.7 Å². The molecule has 0 unspecified atom stereocenters. The van der Waals surface area contributed by atoms with Gasteiger partial charge < -0.3 is 10.6 Å². The first-order chi connectivity index (χ1) is 11.8. The van der Waals surface area contributed by atoms with E-state index >= 15 is 0 Å². The lowest BCUT2D eigenvalue weighted by Crippen LogP contribution is -2.88. The monoisotopic (exact) mass is 369 g/mol. The molecule has 1 amide bonds. The molecule has 1 fully saturated rings. The van der Waals surface area contributed by atoms with E-state index in [0.717, 1.165) is 36.6 Å². The molecule has 0 saturated heterocycles. The predicted molar refractivity (Wildman–Crippen MR) is 89.2 cm³/mol. The standard InChI is InChI=1S/C18H16ClF3N2O/c19-14-9-6-12(18(20,21)22)10-15(14)24-17(25)16(23-13-7-8-13)11-4-2-1-3-5-11/h1-6,9-10,13,16,23H,7-8H2,(H,24,25)/p+1/t16-/m0/s1. The number of carbonyl (C=O) groups is 1. The van der Waals surface area contributed by atoms with E-state index in [-0.39, 0.29) is 16.6 Å². The molecule has 25 heavy (non-hydrogen) atoms. The number of hydrogen-bond acceptors (Lipinski definition) is 1. The summed E-state index contributed by atoms with van der Waals surface area (Å²) >= 11 is 5.97. The van der Waals surface area contributed by atoms with Gasteiger partial charge in [-0.3, -0.25) is 4.79 Å². The van der Waals surface area contributed by atoms with E-state index in [0.29, 0.717) is 6.04 Å². The quantitative estimate of drug-likeness (QED) is 0.828. The van der Waals surface area contributed by atoms with Gasteiger partial charge in [-0.2, -0.15) is 13.2 Å². The van der Waals surface area contributed by atoms with Crippen molar-refractivity contribution in [2.75, 3.05) is 5.32 Å². The molecule has 132 valence electrons. The number of carbonyl (C=O) groups excluding carboxylic acids is 1. The van der Waals surface area contributed by atoms with Crippen LogP contribution >= 0.6 is 11.6 Å². The molecule has 2 aromatic carbocycles. The Labute approximate surface area is 148 Å². The van der Waals surface area contributed by atoms with E-state index < -0.39 is 17.8 Å². The van der Waals surface area contributed by atoms with Crippen LogP contribution in [0.3, 0.4) is 0 Å². The molecule has 0 heterocycles. The summed E-state index contributed by atoms with van der Waals surface area (Å²) in [5, 5.41) is 4.57. The van der Waals surface area contributed by atoms with Crippen molar-refractivity contribution in [1.82, 2.24) is 0 Å². The number of amides is 1. The van der Waals surface area contributed by atoms with Crippen molar-refractivity contribution in [1.29, 1.82) is 0 Å². The van der Waals surface area contributed by atoms with E-state index in [4.69, 9.17) is 11.6 Å². The highest BCUT2D eigenvalue weighted by Gasteiger charge is 2.35. The third-order valence-electron chi connectivity index (χ3n) is 4.08. The molecule has 3 rings (SSSR count). The number of rotatable bonds is 5. The third kappa shape index (κ3) is 4.52. The Kier molecular flexibility index (Phi) is 5.01. The fourth-order valence-electron chi connectivity index (χ4n) is 2.58. The van der Waals surface area contributed by atoms with Crippen molar-refractivity contribution in [2.24, 2.45) is 0 Å². The van der Waals surface area contributed by atoms with E-state index in [1.54, 1.807) is 0 Å². The minimum atomic E-state index is -4.50.